The number of nitrogens with zero attached hydrogens (tertiary/aromatic N) is 2. The van der Waals surface area contributed by atoms with Gasteiger partial charge in [0.1, 0.15) is 11.4 Å². The number of carboxylic acids is 1. The zero-order valence-corrected chi connectivity index (χ0v) is 10.0. The van der Waals surface area contributed by atoms with Gasteiger partial charge < -0.3 is 15.7 Å². The summed E-state index contributed by atoms with van der Waals surface area (Å²) in [4.78, 5) is 19.7. The van der Waals surface area contributed by atoms with Gasteiger partial charge in [0, 0.05) is 5.38 Å². The van der Waals surface area contributed by atoms with Crippen molar-refractivity contribution >= 4 is 28.1 Å². The lowest BCUT2D eigenvalue weighted by Crippen LogP contribution is -2.33. The molecule has 16 heavy (non-hydrogen) atoms. The molecule has 0 radical (unpaired) electrons. The van der Waals surface area contributed by atoms with Crippen molar-refractivity contribution in [2.45, 2.75) is 26.4 Å². The normalized spacial score (nSPS) is 12.6. The van der Waals surface area contributed by atoms with Gasteiger partial charge in [0.15, 0.2) is 5.13 Å². The topological polar surface area (TPSA) is 97.8 Å². The van der Waals surface area contributed by atoms with E-state index in [1.807, 2.05) is 0 Å². The molecule has 0 saturated carbocycles. The second kappa shape index (κ2) is 4.48. The molecule has 1 aromatic heterocycles. The van der Waals surface area contributed by atoms with Crippen molar-refractivity contribution < 1.29 is 14.7 Å². The van der Waals surface area contributed by atoms with Gasteiger partial charge in [-0.1, -0.05) is 5.16 Å². The van der Waals surface area contributed by atoms with Gasteiger partial charge in [0.2, 0.25) is 5.60 Å². The number of anilines is 1. The number of aliphatic carboxylic acids is 1. The van der Waals surface area contributed by atoms with E-state index in [2.05, 4.69) is 10.1 Å². The molecule has 7 heteroatoms. The Hall–Kier alpha value is -1.63. The number of oxime groups is 1. The average Bonchev–Trinajstić information content (AvgIpc) is 2.61. The highest BCUT2D eigenvalue weighted by molar-refractivity contribution is 7.13. The number of thiazole rings is 1. The highest BCUT2D eigenvalue weighted by Gasteiger charge is 2.29. The first-order valence-corrected chi connectivity index (χ1v) is 5.38. The maximum atomic E-state index is 10.7. The van der Waals surface area contributed by atoms with Crippen molar-refractivity contribution in [3.63, 3.8) is 0 Å². The molecule has 6 nitrogen and oxygen atoms in total. The first-order chi connectivity index (χ1) is 7.33. The number of hydrogen-bond donors (Lipinski definition) is 2. The van der Waals surface area contributed by atoms with Crippen LogP contribution in [0.2, 0.25) is 0 Å². The fraction of sp³-hybridized carbons (Fsp3) is 0.444. The van der Waals surface area contributed by atoms with E-state index >= 15 is 0 Å². The van der Waals surface area contributed by atoms with E-state index in [4.69, 9.17) is 15.7 Å². The van der Waals surface area contributed by atoms with E-state index in [0.717, 1.165) is 0 Å². The molecule has 0 atom stereocenters. The van der Waals surface area contributed by atoms with Crippen LogP contribution >= 0.6 is 11.3 Å². The number of rotatable bonds is 4. The number of aromatic nitrogens is 1. The summed E-state index contributed by atoms with van der Waals surface area (Å²) in [6.07, 6.45) is 0. The van der Waals surface area contributed by atoms with Gasteiger partial charge in [-0.2, -0.15) is 0 Å². The molecule has 0 unspecified atom stereocenters. The Morgan fingerprint density at radius 3 is 2.75 bits per heavy atom. The predicted molar refractivity (Wildman–Crippen MR) is 61.5 cm³/mol. The zero-order valence-electron chi connectivity index (χ0n) is 9.22. The molecule has 0 aliphatic rings. The molecule has 0 saturated heterocycles. The van der Waals surface area contributed by atoms with Crippen molar-refractivity contribution in [2.75, 3.05) is 5.73 Å². The first kappa shape index (κ1) is 12.4. The van der Waals surface area contributed by atoms with Crippen molar-refractivity contribution in [3.05, 3.63) is 11.1 Å². The molecular formula is C9H13N3O3S. The molecule has 0 aliphatic heterocycles. The summed E-state index contributed by atoms with van der Waals surface area (Å²) in [6, 6.07) is 0. The van der Waals surface area contributed by atoms with Crippen LogP contribution in [-0.2, 0) is 9.63 Å². The third kappa shape index (κ3) is 2.93. The predicted octanol–water partition coefficient (Wildman–Crippen LogP) is 1.33. The third-order valence-corrected chi connectivity index (χ3v) is 2.49. The Balaban J connectivity index is 2.75. The molecule has 1 rings (SSSR count). The molecule has 1 heterocycles. The smallest absolute Gasteiger partial charge is 0.350 e. The van der Waals surface area contributed by atoms with Gasteiger partial charge >= 0.3 is 5.97 Å². The largest absolute Gasteiger partial charge is 0.478 e. The van der Waals surface area contributed by atoms with Crippen molar-refractivity contribution in [1.29, 1.82) is 0 Å². The Labute approximate surface area is 96.7 Å². The first-order valence-electron chi connectivity index (χ1n) is 4.50. The summed E-state index contributed by atoms with van der Waals surface area (Å²) in [5, 5.41) is 14.7. The van der Waals surface area contributed by atoms with Crippen molar-refractivity contribution in [1.82, 2.24) is 4.98 Å². The molecule has 0 aliphatic carbocycles. The summed E-state index contributed by atoms with van der Waals surface area (Å²) in [6.45, 7) is 4.51. The lowest BCUT2D eigenvalue weighted by molar-refractivity contribution is -0.161. The highest BCUT2D eigenvalue weighted by atomic mass is 32.1. The molecule has 3 N–H and O–H groups in total. The van der Waals surface area contributed by atoms with E-state index in [-0.39, 0.29) is 0 Å². The Bertz CT molecular complexity index is 425. The number of nitrogen functional groups attached to an aromatic ring is 1. The molecule has 88 valence electrons. The Morgan fingerprint density at radius 1 is 1.69 bits per heavy atom. The Kier molecular flexibility index (Phi) is 3.48. The van der Waals surface area contributed by atoms with Gasteiger partial charge in [0.05, 0.1) is 0 Å². The maximum absolute atomic E-state index is 10.7. The second-order valence-corrected chi connectivity index (χ2v) is 4.54. The number of carboxylic acid groups (broad SMARTS) is 1. The summed E-state index contributed by atoms with van der Waals surface area (Å²) in [5.41, 5.74) is 5.18. The van der Waals surface area contributed by atoms with Crippen molar-refractivity contribution in [2.24, 2.45) is 5.16 Å². The molecule has 0 spiro atoms. The molecule has 1 aromatic rings. The lowest BCUT2D eigenvalue weighted by Gasteiger charge is -2.16. The minimum absolute atomic E-state index is 0.432. The molecule has 0 bridgehead atoms. The van der Waals surface area contributed by atoms with Crippen LogP contribution in [0.4, 0.5) is 5.13 Å². The fourth-order valence-corrected chi connectivity index (χ4v) is 1.33. The molecule has 0 amide bonds. The monoisotopic (exact) mass is 243 g/mol. The van der Waals surface area contributed by atoms with E-state index < -0.39 is 11.6 Å². The second-order valence-electron chi connectivity index (χ2n) is 3.65. The van der Waals surface area contributed by atoms with Gasteiger partial charge in [-0.05, 0) is 20.8 Å². The summed E-state index contributed by atoms with van der Waals surface area (Å²) < 4.78 is 0. The maximum Gasteiger partial charge on any atom is 0.350 e. The van der Waals surface area contributed by atoms with E-state index in [1.54, 1.807) is 12.3 Å². The van der Waals surface area contributed by atoms with Gasteiger partial charge in [-0.25, -0.2) is 9.78 Å². The van der Waals surface area contributed by atoms with E-state index in [0.29, 0.717) is 16.5 Å². The van der Waals surface area contributed by atoms with Crippen LogP contribution in [0.25, 0.3) is 0 Å². The van der Waals surface area contributed by atoms with Gasteiger partial charge in [-0.3, -0.25) is 0 Å². The van der Waals surface area contributed by atoms with Crippen LogP contribution in [0, 0.1) is 0 Å². The van der Waals surface area contributed by atoms with Crippen LogP contribution in [-0.4, -0.2) is 27.4 Å². The zero-order chi connectivity index (χ0) is 12.3. The number of nitrogens with two attached hydrogens (primary N) is 1. The van der Waals surface area contributed by atoms with E-state index in [1.165, 1.54) is 25.2 Å². The molecule has 0 aromatic carbocycles. The van der Waals surface area contributed by atoms with Crippen LogP contribution < -0.4 is 5.73 Å². The standard InChI is InChI=1S/C9H13N3O3S/c1-5(6-4-16-8(10)11-6)12-15-9(2,3)7(13)14/h4H,1-3H3,(H2,10,11)(H,13,14)/b12-5+. The van der Waals surface area contributed by atoms with Crippen LogP contribution in [0.15, 0.2) is 10.5 Å². The average molecular weight is 243 g/mol. The fourth-order valence-electron chi connectivity index (χ4n) is 0.722. The summed E-state index contributed by atoms with van der Waals surface area (Å²) in [5.74, 6) is -1.08. The minimum Gasteiger partial charge on any atom is -0.478 e. The minimum atomic E-state index is -1.36. The highest BCUT2D eigenvalue weighted by Crippen LogP contribution is 2.14. The quantitative estimate of drug-likeness (QED) is 0.614. The van der Waals surface area contributed by atoms with Crippen LogP contribution in [0.5, 0.6) is 0 Å². The van der Waals surface area contributed by atoms with E-state index in [9.17, 15) is 4.79 Å². The lowest BCUT2D eigenvalue weighted by atomic mass is 10.1. The van der Waals surface area contributed by atoms with Crippen LogP contribution in [0.1, 0.15) is 26.5 Å². The molecule has 0 fully saturated rings. The Morgan fingerprint density at radius 2 is 2.31 bits per heavy atom. The van der Waals surface area contributed by atoms with Crippen LogP contribution in [0.3, 0.4) is 0 Å². The van der Waals surface area contributed by atoms with Crippen molar-refractivity contribution in [3.8, 4) is 0 Å². The van der Waals surface area contributed by atoms with Gasteiger partial charge in [-0.15, -0.1) is 11.3 Å². The SMILES string of the molecule is C/C(=N\OC(C)(C)C(=O)O)c1csc(N)n1. The number of hydrogen-bond acceptors (Lipinski definition) is 6. The third-order valence-electron chi connectivity index (χ3n) is 1.82. The summed E-state index contributed by atoms with van der Waals surface area (Å²) >= 11 is 1.29. The van der Waals surface area contributed by atoms with Gasteiger partial charge in [0.25, 0.3) is 0 Å². The summed E-state index contributed by atoms with van der Waals surface area (Å²) in [7, 11) is 0. The molecular weight excluding hydrogens is 230 g/mol. The number of carbonyl (C=O) groups is 1.